The molecule has 1 unspecified atom stereocenters. The number of fused-ring (bicyclic) bond motifs is 1. The number of aromatic nitrogens is 2. The van der Waals surface area contributed by atoms with Gasteiger partial charge in [-0.3, -0.25) is 4.79 Å². The van der Waals surface area contributed by atoms with Crippen LogP contribution in [0, 0.1) is 19.8 Å². The van der Waals surface area contributed by atoms with Crippen LogP contribution in [-0.4, -0.2) is 15.5 Å². The molecule has 4 heteroatoms. The van der Waals surface area contributed by atoms with Gasteiger partial charge < -0.3 is 9.88 Å². The van der Waals surface area contributed by atoms with Crippen molar-refractivity contribution in [3.8, 4) is 0 Å². The summed E-state index contributed by atoms with van der Waals surface area (Å²) >= 11 is 0. The normalized spacial score (nSPS) is 17.6. The maximum absolute atomic E-state index is 12.4. The maximum atomic E-state index is 12.4. The Labute approximate surface area is 118 Å². The molecule has 1 aliphatic heterocycles. The van der Waals surface area contributed by atoms with E-state index in [0.717, 1.165) is 36.5 Å². The van der Waals surface area contributed by atoms with Crippen LogP contribution in [0.25, 0.3) is 0 Å². The Morgan fingerprint density at radius 3 is 3.05 bits per heavy atom. The number of nitrogens with zero attached hydrogens (tertiary/aromatic N) is 2. The SMILES string of the molecule is Cc1ccc(NC(=O)C2CCn3ccnc3C2)c(C)c1. The van der Waals surface area contributed by atoms with Crippen LogP contribution in [0.1, 0.15) is 23.4 Å². The van der Waals surface area contributed by atoms with Gasteiger partial charge in [-0.25, -0.2) is 4.98 Å². The number of imidazole rings is 1. The van der Waals surface area contributed by atoms with Crippen LogP contribution >= 0.6 is 0 Å². The van der Waals surface area contributed by atoms with Gasteiger partial charge in [0.2, 0.25) is 5.91 Å². The van der Waals surface area contributed by atoms with Crippen LogP contribution in [0.2, 0.25) is 0 Å². The number of carbonyl (C=O) groups excluding carboxylic acids is 1. The predicted octanol–water partition coefficient (Wildman–Crippen LogP) is 2.70. The van der Waals surface area contributed by atoms with Gasteiger partial charge in [-0.15, -0.1) is 0 Å². The van der Waals surface area contributed by atoms with Crippen molar-refractivity contribution < 1.29 is 4.79 Å². The first-order chi connectivity index (χ1) is 9.63. The molecule has 1 aromatic carbocycles. The average molecular weight is 269 g/mol. The first-order valence-electron chi connectivity index (χ1n) is 7.01. The minimum atomic E-state index is 0.0191. The Bertz CT molecular complexity index is 645. The largest absolute Gasteiger partial charge is 0.335 e. The molecular weight excluding hydrogens is 250 g/mol. The third-order valence-electron chi connectivity index (χ3n) is 3.96. The zero-order valence-corrected chi connectivity index (χ0v) is 11.9. The van der Waals surface area contributed by atoms with E-state index in [1.807, 2.05) is 25.3 Å². The van der Waals surface area contributed by atoms with Gasteiger partial charge >= 0.3 is 0 Å². The summed E-state index contributed by atoms with van der Waals surface area (Å²) < 4.78 is 2.13. The molecule has 0 fully saturated rings. The fourth-order valence-electron chi connectivity index (χ4n) is 2.76. The Balaban J connectivity index is 1.71. The first-order valence-corrected chi connectivity index (χ1v) is 7.01. The summed E-state index contributed by atoms with van der Waals surface area (Å²) in [6.07, 6.45) is 5.39. The Morgan fingerprint density at radius 2 is 2.25 bits per heavy atom. The van der Waals surface area contributed by atoms with Crippen molar-refractivity contribution in [2.75, 3.05) is 5.32 Å². The molecule has 0 bridgehead atoms. The van der Waals surface area contributed by atoms with Crippen LogP contribution in [-0.2, 0) is 17.8 Å². The lowest BCUT2D eigenvalue weighted by molar-refractivity contribution is -0.120. The van der Waals surface area contributed by atoms with E-state index in [9.17, 15) is 4.79 Å². The van der Waals surface area contributed by atoms with Crippen molar-refractivity contribution in [2.45, 2.75) is 33.2 Å². The van der Waals surface area contributed by atoms with Gasteiger partial charge in [0.15, 0.2) is 0 Å². The molecule has 20 heavy (non-hydrogen) atoms. The fraction of sp³-hybridized carbons (Fsp3) is 0.375. The smallest absolute Gasteiger partial charge is 0.228 e. The fourth-order valence-corrected chi connectivity index (χ4v) is 2.76. The second kappa shape index (κ2) is 5.12. The molecule has 0 saturated heterocycles. The second-order valence-corrected chi connectivity index (χ2v) is 5.53. The number of hydrogen-bond acceptors (Lipinski definition) is 2. The monoisotopic (exact) mass is 269 g/mol. The van der Waals surface area contributed by atoms with E-state index in [2.05, 4.69) is 27.9 Å². The van der Waals surface area contributed by atoms with Crippen molar-refractivity contribution in [3.05, 3.63) is 47.5 Å². The highest BCUT2D eigenvalue weighted by Crippen LogP contribution is 2.22. The molecule has 2 aromatic rings. The van der Waals surface area contributed by atoms with Crippen molar-refractivity contribution >= 4 is 11.6 Å². The van der Waals surface area contributed by atoms with E-state index in [4.69, 9.17) is 0 Å². The number of amides is 1. The van der Waals surface area contributed by atoms with Crippen molar-refractivity contribution in [2.24, 2.45) is 5.92 Å². The number of rotatable bonds is 2. The predicted molar refractivity (Wildman–Crippen MR) is 78.6 cm³/mol. The summed E-state index contributed by atoms with van der Waals surface area (Å²) in [5.74, 6) is 1.13. The topological polar surface area (TPSA) is 46.9 Å². The quantitative estimate of drug-likeness (QED) is 0.911. The van der Waals surface area contributed by atoms with Crippen LogP contribution in [0.4, 0.5) is 5.69 Å². The zero-order valence-electron chi connectivity index (χ0n) is 11.9. The highest BCUT2D eigenvalue weighted by molar-refractivity contribution is 5.93. The number of benzene rings is 1. The molecule has 1 amide bonds. The number of carbonyl (C=O) groups is 1. The lowest BCUT2D eigenvalue weighted by Crippen LogP contribution is -2.30. The summed E-state index contributed by atoms with van der Waals surface area (Å²) in [6.45, 7) is 4.95. The molecule has 0 radical (unpaired) electrons. The highest BCUT2D eigenvalue weighted by Gasteiger charge is 2.25. The van der Waals surface area contributed by atoms with Crippen molar-refractivity contribution in [1.82, 2.24) is 9.55 Å². The molecule has 104 valence electrons. The number of anilines is 1. The zero-order chi connectivity index (χ0) is 14.1. The molecule has 0 saturated carbocycles. The number of aryl methyl sites for hydroxylation is 3. The summed E-state index contributed by atoms with van der Waals surface area (Å²) in [5.41, 5.74) is 3.23. The number of hydrogen-bond donors (Lipinski definition) is 1. The van der Waals surface area contributed by atoms with Crippen LogP contribution in [0.3, 0.4) is 0 Å². The van der Waals surface area contributed by atoms with Gasteiger partial charge in [0, 0.05) is 37.0 Å². The molecule has 1 N–H and O–H groups in total. The Kier molecular flexibility index (Phi) is 3.30. The van der Waals surface area contributed by atoms with E-state index in [1.54, 1.807) is 6.20 Å². The summed E-state index contributed by atoms with van der Waals surface area (Å²) in [6, 6.07) is 6.09. The van der Waals surface area contributed by atoms with E-state index in [-0.39, 0.29) is 11.8 Å². The third-order valence-corrected chi connectivity index (χ3v) is 3.96. The Morgan fingerprint density at radius 1 is 1.40 bits per heavy atom. The molecule has 1 aliphatic rings. The molecule has 3 rings (SSSR count). The Hall–Kier alpha value is -2.10. The highest BCUT2D eigenvalue weighted by atomic mass is 16.1. The van der Waals surface area contributed by atoms with E-state index >= 15 is 0 Å². The van der Waals surface area contributed by atoms with Gasteiger partial charge in [0.1, 0.15) is 5.82 Å². The van der Waals surface area contributed by atoms with E-state index < -0.39 is 0 Å². The van der Waals surface area contributed by atoms with Gasteiger partial charge in [0.05, 0.1) is 0 Å². The minimum absolute atomic E-state index is 0.0191. The lowest BCUT2D eigenvalue weighted by atomic mass is 9.96. The average Bonchev–Trinajstić information content (AvgIpc) is 2.89. The van der Waals surface area contributed by atoms with Gasteiger partial charge in [-0.05, 0) is 31.9 Å². The molecular formula is C16H19N3O. The van der Waals surface area contributed by atoms with Crippen LogP contribution in [0.15, 0.2) is 30.6 Å². The lowest BCUT2D eigenvalue weighted by Gasteiger charge is -2.23. The van der Waals surface area contributed by atoms with E-state index in [1.165, 1.54) is 5.56 Å². The summed E-state index contributed by atoms with van der Waals surface area (Å²) in [7, 11) is 0. The minimum Gasteiger partial charge on any atom is -0.335 e. The van der Waals surface area contributed by atoms with Gasteiger partial charge in [-0.1, -0.05) is 17.7 Å². The third kappa shape index (κ3) is 2.46. The van der Waals surface area contributed by atoms with Gasteiger partial charge in [-0.2, -0.15) is 0 Å². The molecule has 2 heterocycles. The maximum Gasteiger partial charge on any atom is 0.228 e. The molecule has 4 nitrogen and oxygen atoms in total. The number of nitrogens with one attached hydrogen (secondary N) is 1. The molecule has 0 spiro atoms. The summed E-state index contributed by atoms with van der Waals surface area (Å²) in [5, 5.41) is 3.05. The van der Waals surface area contributed by atoms with Crippen LogP contribution in [0.5, 0.6) is 0 Å². The van der Waals surface area contributed by atoms with Gasteiger partial charge in [0.25, 0.3) is 0 Å². The first kappa shape index (κ1) is 12.9. The second-order valence-electron chi connectivity index (χ2n) is 5.53. The molecule has 0 aliphatic carbocycles. The molecule has 1 aromatic heterocycles. The van der Waals surface area contributed by atoms with Crippen molar-refractivity contribution in [3.63, 3.8) is 0 Å². The standard InChI is InChI=1S/C16H19N3O/c1-11-3-4-14(12(2)9-11)18-16(20)13-5-7-19-8-6-17-15(19)10-13/h3-4,6,8-9,13H,5,7,10H2,1-2H3,(H,18,20). The molecule has 1 atom stereocenters. The van der Waals surface area contributed by atoms with E-state index in [0.29, 0.717) is 0 Å². The van der Waals surface area contributed by atoms with Crippen molar-refractivity contribution in [1.29, 1.82) is 0 Å². The summed E-state index contributed by atoms with van der Waals surface area (Å²) in [4.78, 5) is 16.7. The van der Waals surface area contributed by atoms with Crippen LogP contribution < -0.4 is 5.32 Å².